The van der Waals surface area contributed by atoms with Crippen molar-refractivity contribution < 1.29 is 31.1 Å². The van der Waals surface area contributed by atoms with Crippen molar-refractivity contribution in [3.8, 4) is 0 Å². The zero-order valence-electron chi connectivity index (χ0n) is 12.7. The van der Waals surface area contributed by atoms with Gasteiger partial charge in [-0.3, -0.25) is 9.69 Å². The van der Waals surface area contributed by atoms with Crippen molar-refractivity contribution in [3.05, 3.63) is 23.5 Å². The van der Waals surface area contributed by atoms with Crippen LogP contribution in [-0.4, -0.2) is 46.6 Å². The molecule has 1 aromatic carbocycles. The Morgan fingerprint density at radius 2 is 2.04 bits per heavy atom. The van der Waals surface area contributed by atoms with Crippen LogP contribution in [0.2, 0.25) is 0 Å². The fourth-order valence-electron chi connectivity index (χ4n) is 1.95. The summed E-state index contributed by atoms with van der Waals surface area (Å²) in [6.45, 7) is 0.587. The zero-order chi connectivity index (χ0) is 18.8. The van der Waals surface area contributed by atoms with Crippen LogP contribution < -0.4 is 0 Å². The largest absolute Gasteiger partial charge is 0.398 e. The van der Waals surface area contributed by atoms with E-state index in [1.807, 2.05) is 0 Å². The van der Waals surface area contributed by atoms with Gasteiger partial charge >= 0.3 is 6.18 Å². The van der Waals surface area contributed by atoms with E-state index in [2.05, 4.69) is 4.99 Å². The molecule has 138 valence electrons. The van der Waals surface area contributed by atoms with Crippen LogP contribution >= 0.6 is 23.5 Å². The fraction of sp³-hybridized carbons (Fsp3) is 0.429. The lowest BCUT2D eigenvalue weighted by atomic mass is 10.2. The highest BCUT2D eigenvalue weighted by atomic mass is 32.2. The lowest BCUT2D eigenvalue weighted by Crippen LogP contribution is -2.33. The molecule has 0 N–H and O–H groups in total. The van der Waals surface area contributed by atoms with E-state index in [0.29, 0.717) is 17.3 Å². The third kappa shape index (κ3) is 5.56. The smallest absolute Gasteiger partial charge is 0.285 e. The summed E-state index contributed by atoms with van der Waals surface area (Å²) in [7, 11) is 0. The molecule has 1 fully saturated rings. The second-order valence-electron chi connectivity index (χ2n) is 5.05. The summed E-state index contributed by atoms with van der Waals surface area (Å²) in [5.41, 5.74) is 0.00188. The van der Waals surface area contributed by atoms with Gasteiger partial charge in [0.1, 0.15) is 11.5 Å². The lowest BCUT2D eigenvalue weighted by molar-refractivity contribution is -0.125. The third-order valence-electron chi connectivity index (χ3n) is 3.03. The Morgan fingerprint density at radius 3 is 2.64 bits per heavy atom. The summed E-state index contributed by atoms with van der Waals surface area (Å²) in [4.78, 5) is 16.4. The number of halogens is 6. The summed E-state index contributed by atoms with van der Waals surface area (Å²) in [5, 5.41) is -0.0974. The van der Waals surface area contributed by atoms with Crippen LogP contribution in [0.25, 0.3) is 0 Å². The number of nitrogens with zero attached hydrogens (tertiary/aromatic N) is 2. The number of amides is 1. The molecule has 3 nitrogen and oxygen atoms in total. The van der Waals surface area contributed by atoms with E-state index in [1.165, 1.54) is 6.92 Å². The second kappa shape index (κ2) is 7.90. The van der Waals surface area contributed by atoms with Gasteiger partial charge in [0, 0.05) is 4.90 Å². The minimum atomic E-state index is -4.39. The molecule has 1 aliphatic heterocycles. The van der Waals surface area contributed by atoms with Crippen LogP contribution in [0.4, 0.5) is 32.0 Å². The second-order valence-corrected chi connectivity index (χ2v) is 7.01. The predicted molar refractivity (Wildman–Crippen MR) is 85.2 cm³/mol. The molecule has 0 unspecified atom stereocenters. The lowest BCUT2D eigenvalue weighted by Gasteiger charge is -2.15. The van der Waals surface area contributed by atoms with Crippen LogP contribution in [-0.2, 0) is 4.79 Å². The van der Waals surface area contributed by atoms with Crippen LogP contribution in [0.15, 0.2) is 22.0 Å². The van der Waals surface area contributed by atoms with Gasteiger partial charge in [0.2, 0.25) is 5.91 Å². The Kier molecular flexibility index (Phi) is 6.30. The topological polar surface area (TPSA) is 32.7 Å². The molecule has 0 saturated carbocycles. The highest BCUT2D eigenvalue weighted by Crippen LogP contribution is 2.34. The number of alkyl halides is 5. The van der Waals surface area contributed by atoms with Gasteiger partial charge in [0.05, 0.1) is 18.1 Å². The minimum Gasteiger partial charge on any atom is -0.285 e. The summed E-state index contributed by atoms with van der Waals surface area (Å²) in [6, 6.07) is 2.15. The van der Waals surface area contributed by atoms with Gasteiger partial charge < -0.3 is 0 Å². The molecular weight excluding hydrogens is 390 g/mol. The average Bonchev–Trinajstić information content (AvgIpc) is 2.80. The fourth-order valence-corrected chi connectivity index (χ4v) is 3.65. The molecule has 11 heteroatoms. The Morgan fingerprint density at radius 1 is 1.36 bits per heavy atom. The molecule has 1 heterocycles. The Hall–Kier alpha value is -1.36. The number of carbonyl (C=O) groups is 1. The van der Waals surface area contributed by atoms with Crippen molar-refractivity contribution >= 4 is 40.3 Å². The van der Waals surface area contributed by atoms with Gasteiger partial charge in [-0.05, 0) is 24.6 Å². The maximum absolute atomic E-state index is 14.0. The van der Waals surface area contributed by atoms with Crippen molar-refractivity contribution in [1.82, 2.24) is 4.90 Å². The van der Waals surface area contributed by atoms with Gasteiger partial charge in [-0.2, -0.15) is 13.2 Å². The Labute approximate surface area is 147 Å². The number of aryl methyl sites for hydroxylation is 1. The van der Waals surface area contributed by atoms with Crippen LogP contribution in [0.1, 0.15) is 5.56 Å². The van der Waals surface area contributed by atoms with E-state index in [-0.39, 0.29) is 21.5 Å². The highest BCUT2D eigenvalue weighted by Gasteiger charge is 2.31. The first-order valence-electron chi connectivity index (χ1n) is 6.86. The molecule has 1 aromatic rings. The Bertz CT molecular complexity index is 693. The number of thioether (sulfide) groups is 2. The minimum absolute atomic E-state index is 0.0974. The molecule has 0 aliphatic carbocycles. The van der Waals surface area contributed by atoms with Gasteiger partial charge in [-0.1, -0.05) is 11.8 Å². The first kappa shape index (κ1) is 20.0. The number of rotatable bonds is 5. The summed E-state index contributed by atoms with van der Waals surface area (Å²) >= 11 is 1.35. The molecule has 1 saturated heterocycles. The molecule has 1 aliphatic rings. The first-order valence-corrected chi connectivity index (χ1v) is 8.83. The molecule has 25 heavy (non-hydrogen) atoms. The molecule has 0 radical (unpaired) electrons. The van der Waals surface area contributed by atoms with Gasteiger partial charge in [-0.25, -0.2) is 18.2 Å². The van der Waals surface area contributed by atoms with E-state index >= 15 is 0 Å². The van der Waals surface area contributed by atoms with Crippen molar-refractivity contribution in [1.29, 1.82) is 0 Å². The van der Waals surface area contributed by atoms with Crippen molar-refractivity contribution in [2.75, 3.05) is 18.1 Å². The molecule has 2 rings (SSSR count). The quantitative estimate of drug-likeness (QED) is 0.532. The standard InChI is InChI=1S/C14H12F6N2OS2/c1-7-2-8(15)9(3-10(7)25-6-14(18,19)20)21-13-22(4-11(16)17)12(23)5-24-13/h2-3,11H,4-6H2,1H3/b21-13-. The number of amidine groups is 1. The predicted octanol–water partition coefficient (Wildman–Crippen LogP) is 4.62. The monoisotopic (exact) mass is 402 g/mol. The third-order valence-corrected chi connectivity index (χ3v) is 5.21. The maximum atomic E-state index is 14.0. The number of benzene rings is 1. The number of hydrogen-bond acceptors (Lipinski definition) is 4. The highest BCUT2D eigenvalue weighted by molar-refractivity contribution is 8.15. The van der Waals surface area contributed by atoms with Crippen molar-refractivity contribution in [3.63, 3.8) is 0 Å². The van der Waals surface area contributed by atoms with Crippen LogP contribution in [0.5, 0.6) is 0 Å². The van der Waals surface area contributed by atoms with Gasteiger partial charge in [0.25, 0.3) is 6.43 Å². The summed E-state index contributed by atoms with van der Waals surface area (Å²) < 4.78 is 76.2. The molecule has 1 amide bonds. The molecule has 0 atom stereocenters. The van der Waals surface area contributed by atoms with E-state index in [1.54, 1.807) is 0 Å². The van der Waals surface area contributed by atoms with Crippen molar-refractivity contribution in [2.24, 2.45) is 4.99 Å². The van der Waals surface area contributed by atoms with Crippen LogP contribution in [0.3, 0.4) is 0 Å². The van der Waals surface area contributed by atoms with Crippen LogP contribution in [0, 0.1) is 12.7 Å². The number of aliphatic imine (C=N–C) groups is 1. The van der Waals surface area contributed by atoms with E-state index in [4.69, 9.17) is 0 Å². The molecule has 0 spiro atoms. The van der Waals surface area contributed by atoms with Gasteiger partial charge in [-0.15, -0.1) is 11.8 Å². The molecule has 0 bridgehead atoms. The van der Waals surface area contributed by atoms with Gasteiger partial charge in [0.15, 0.2) is 5.17 Å². The molecule has 0 aromatic heterocycles. The first-order chi connectivity index (χ1) is 11.6. The number of hydrogen-bond donors (Lipinski definition) is 0. The van der Waals surface area contributed by atoms with E-state index < -0.39 is 36.6 Å². The average molecular weight is 402 g/mol. The molecular formula is C14H12F6N2OS2. The summed E-state index contributed by atoms with van der Waals surface area (Å²) in [6.07, 6.45) is -7.17. The summed E-state index contributed by atoms with van der Waals surface area (Å²) in [5.74, 6) is -2.64. The van der Waals surface area contributed by atoms with Crippen molar-refractivity contribution in [2.45, 2.75) is 24.4 Å². The normalized spacial score (nSPS) is 17.2. The zero-order valence-corrected chi connectivity index (χ0v) is 14.4. The number of carbonyl (C=O) groups excluding carboxylic acids is 1. The van der Waals surface area contributed by atoms with E-state index in [9.17, 15) is 31.1 Å². The maximum Gasteiger partial charge on any atom is 0.398 e. The SMILES string of the molecule is Cc1cc(F)c(/N=C2\SCC(=O)N2CC(F)F)cc1SCC(F)(F)F. The van der Waals surface area contributed by atoms with E-state index in [0.717, 1.165) is 28.8 Å². The Balaban J connectivity index is 2.30.